The van der Waals surface area contributed by atoms with Crippen molar-refractivity contribution in [3.8, 4) is 0 Å². The van der Waals surface area contributed by atoms with Gasteiger partial charge in [0, 0.05) is 12.8 Å². The zero-order chi connectivity index (χ0) is 24.2. The van der Waals surface area contributed by atoms with Crippen LogP contribution >= 0.6 is 0 Å². The lowest BCUT2D eigenvalue weighted by Crippen LogP contribution is -2.54. The van der Waals surface area contributed by atoms with Gasteiger partial charge in [-0.3, -0.25) is 9.59 Å². The van der Waals surface area contributed by atoms with Gasteiger partial charge in [-0.2, -0.15) is 0 Å². The lowest BCUT2D eigenvalue weighted by molar-refractivity contribution is -0.131. The molecule has 0 radical (unpaired) electrons. The number of cyclic esters (lactones) is 1. The Labute approximate surface area is 198 Å². The van der Waals surface area contributed by atoms with E-state index in [0.29, 0.717) is 45.3 Å². The standard InChI is InChI=1S/C23H33N3O8/c1-30-9-10-31-11-12-32-13-14-33-16-20(27)25-18-5-3-17(4-6-18)23(7-2-8-23)26-21(28)19-15-24-22(29)34-19/h3-6,19H,2,7-16H2,1H3,(H,24,29)(H,25,27)(H,26,28)/t19-/m0/s1. The van der Waals surface area contributed by atoms with E-state index in [9.17, 15) is 14.4 Å². The third-order valence-electron chi connectivity index (χ3n) is 5.67. The molecule has 3 amide bonds. The smallest absolute Gasteiger partial charge is 0.408 e. The van der Waals surface area contributed by atoms with E-state index in [4.69, 9.17) is 23.7 Å². The number of nitrogens with one attached hydrogen (secondary N) is 3. The number of amides is 3. The maximum atomic E-state index is 12.5. The fraction of sp³-hybridized carbons (Fsp3) is 0.609. The summed E-state index contributed by atoms with van der Waals surface area (Å²) in [7, 11) is 1.62. The first-order valence-corrected chi connectivity index (χ1v) is 11.4. The maximum Gasteiger partial charge on any atom is 0.408 e. The van der Waals surface area contributed by atoms with Crippen LogP contribution < -0.4 is 16.0 Å². The maximum absolute atomic E-state index is 12.5. The number of anilines is 1. The Kier molecular flexibility index (Phi) is 10.1. The molecule has 1 aliphatic heterocycles. The van der Waals surface area contributed by atoms with Gasteiger partial charge in [-0.25, -0.2) is 4.79 Å². The molecule has 188 valence electrons. The van der Waals surface area contributed by atoms with Crippen LogP contribution in [-0.2, 0) is 38.8 Å². The molecule has 0 unspecified atom stereocenters. The number of methoxy groups -OCH3 is 1. The lowest BCUT2D eigenvalue weighted by Gasteiger charge is -2.43. The van der Waals surface area contributed by atoms with E-state index in [1.54, 1.807) is 19.2 Å². The van der Waals surface area contributed by atoms with Crippen LogP contribution in [0.2, 0.25) is 0 Å². The van der Waals surface area contributed by atoms with Gasteiger partial charge in [-0.15, -0.1) is 0 Å². The van der Waals surface area contributed by atoms with Crippen molar-refractivity contribution in [2.24, 2.45) is 0 Å². The van der Waals surface area contributed by atoms with Crippen molar-refractivity contribution in [3.05, 3.63) is 29.8 Å². The van der Waals surface area contributed by atoms with Crippen molar-refractivity contribution in [1.29, 1.82) is 0 Å². The number of benzene rings is 1. The molecule has 0 aromatic heterocycles. The fourth-order valence-corrected chi connectivity index (χ4v) is 3.68. The van der Waals surface area contributed by atoms with Gasteiger partial charge in [-0.05, 0) is 37.0 Å². The normalized spacial score (nSPS) is 18.5. The highest BCUT2D eigenvalue weighted by molar-refractivity contribution is 5.91. The summed E-state index contributed by atoms with van der Waals surface area (Å²) in [6, 6.07) is 7.36. The molecule has 1 saturated carbocycles. The molecule has 1 saturated heterocycles. The second-order valence-electron chi connectivity index (χ2n) is 8.10. The molecule has 1 heterocycles. The van der Waals surface area contributed by atoms with E-state index in [-0.39, 0.29) is 25.0 Å². The quantitative estimate of drug-likeness (QED) is 0.316. The van der Waals surface area contributed by atoms with Crippen LogP contribution in [0.1, 0.15) is 24.8 Å². The summed E-state index contributed by atoms with van der Waals surface area (Å²) in [4.78, 5) is 35.8. The van der Waals surface area contributed by atoms with Crippen molar-refractivity contribution in [1.82, 2.24) is 10.6 Å². The summed E-state index contributed by atoms with van der Waals surface area (Å²) >= 11 is 0. The van der Waals surface area contributed by atoms with E-state index in [1.807, 2.05) is 12.1 Å². The van der Waals surface area contributed by atoms with Crippen molar-refractivity contribution in [2.75, 3.05) is 65.2 Å². The molecule has 1 aliphatic carbocycles. The number of alkyl carbamates (subject to hydrolysis) is 1. The summed E-state index contributed by atoms with van der Waals surface area (Å²) in [6.07, 6.45) is 1.19. The lowest BCUT2D eigenvalue weighted by atomic mass is 9.71. The van der Waals surface area contributed by atoms with Gasteiger partial charge in [-0.1, -0.05) is 12.1 Å². The van der Waals surface area contributed by atoms with Crippen LogP contribution in [0.15, 0.2) is 24.3 Å². The highest BCUT2D eigenvalue weighted by atomic mass is 16.6. The average Bonchev–Trinajstić information content (AvgIpc) is 3.24. The molecular formula is C23H33N3O8. The van der Waals surface area contributed by atoms with Gasteiger partial charge in [0.15, 0.2) is 6.10 Å². The molecule has 11 heteroatoms. The Morgan fingerprint density at radius 1 is 1.03 bits per heavy atom. The van der Waals surface area contributed by atoms with Gasteiger partial charge < -0.3 is 39.6 Å². The van der Waals surface area contributed by atoms with Crippen molar-refractivity contribution >= 4 is 23.6 Å². The minimum atomic E-state index is -0.817. The predicted molar refractivity (Wildman–Crippen MR) is 121 cm³/mol. The first-order valence-electron chi connectivity index (χ1n) is 11.4. The van der Waals surface area contributed by atoms with Gasteiger partial charge in [0.2, 0.25) is 5.91 Å². The number of carbonyl (C=O) groups is 3. The zero-order valence-corrected chi connectivity index (χ0v) is 19.4. The first-order chi connectivity index (χ1) is 16.5. The molecule has 1 aromatic rings. The summed E-state index contributed by atoms with van der Waals surface area (Å²) in [6.45, 7) is 2.79. The monoisotopic (exact) mass is 479 g/mol. The zero-order valence-electron chi connectivity index (χ0n) is 19.4. The fourth-order valence-electron chi connectivity index (χ4n) is 3.68. The Hall–Kier alpha value is -2.73. The third-order valence-corrected chi connectivity index (χ3v) is 5.67. The average molecular weight is 480 g/mol. The van der Waals surface area contributed by atoms with E-state index in [1.165, 1.54) is 0 Å². The first kappa shape index (κ1) is 25.9. The SMILES string of the molecule is COCCOCCOCCOCC(=O)Nc1ccc(C2(NC(=O)[C@@H]3CNC(=O)O3)CCC2)cc1. The molecule has 1 aromatic carbocycles. The van der Waals surface area contributed by atoms with Gasteiger partial charge in [0.25, 0.3) is 5.91 Å². The molecule has 3 N–H and O–H groups in total. The minimum absolute atomic E-state index is 0.0798. The summed E-state index contributed by atoms with van der Waals surface area (Å²) < 4.78 is 25.8. The second kappa shape index (κ2) is 13.2. The Bertz CT molecular complexity index is 813. The molecule has 1 atom stereocenters. The summed E-state index contributed by atoms with van der Waals surface area (Å²) in [5.41, 5.74) is 1.10. The van der Waals surface area contributed by atoms with Gasteiger partial charge in [0.1, 0.15) is 6.61 Å². The van der Waals surface area contributed by atoms with Crippen molar-refractivity contribution in [3.63, 3.8) is 0 Å². The molecular weight excluding hydrogens is 446 g/mol. The van der Waals surface area contributed by atoms with Crippen LogP contribution in [0.3, 0.4) is 0 Å². The van der Waals surface area contributed by atoms with E-state index < -0.39 is 17.7 Å². The highest BCUT2D eigenvalue weighted by Gasteiger charge is 2.42. The van der Waals surface area contributed by atoms with Crippen LogP contribution in [0.4, 0.5) is 10.5 Å². The molecule has 2 aliphatic rings. The second-order valence-corrected chi connectivity index (χ2v) is 8.10. The summed E-state index contributed by atoms with van der Waals surface area (Å²) in [5, 5.41) is 8.31. The molecule has 0 bridgehead atoms. The topological polar surface area (TPSA) is 133 Å². The van der Waals surface area contributed by atoms with Crippen LogP contribution in [0, 0.1) is 0 Å². The van der Waals surface area contributed by atoms with Gasteiger partial charge in [0.05, 0.1) is 51.7 Å². The molecule has 34 heavy (non-hydrogen) atoms. The number of hydrogen-bond acceptors (Lipinski definition) is 8. The molecule has 11 nitrogen and oxygen atoms in total. The number of hydrogen-bond donors (Lipinski definition) is 3. The van der Waals surface area contributed by atoms with Gasteiger partial charge >= 0.3 is 6.09 Å². The van der Waals surface area contributed by atoms with Crippen LogP contribution in [0.25, 0.3) is 0 Å². The van der Waals surface area contributed by atoms with E-state index in [0.717, 1.165) is 24.8 Å². The number of carbonyl (C=O) groups excluding carboxylic acids is 3. The Morgan fingerprint density at radius 2 is 1.68 bits per heavy atom. The minimum Gasteiger partial charge on any atom is -0.434 e. The van der Waals surface area contributed by atoms with E-state index >= 15 is 0 Å². The summed E-state index contributed by atoms with van der Waals surface area (Å²) in [5.74, 6) is -0.576. The Morgan fingerprint density at radius 3 is 2.24 bits per heavy atom. The van der Waals surface area contributed by atoms with Crippen molar-refractivity contribution in [2.45, 2.75) is 30.9 Å². The van der Waals surface area contributed by atoms with Crippen LogP contribution in [-0.4, -0.2) is 83.9 Å². The predicted octanol–water partition coefficient (Wildman–Crippen LogP) is 0.925. The van der Waals surface area contributed by atoms with Crippen molar-refractivity contribution < 1.29 is 38.1 Å². The molecule has 0 spiro atoms. The Balaban J connectivity index is 1.35. The highest BCUT2D eigenvalue weighted by Crippen LogP contribution is 2.41. The third kappa shape index (κ3) is 7.66. The molecule has 2 fully saturated rings. The largest absolute Gasteiger partial charge is 0.434 e. The number of rotatable bonds is 15. The van der Waals surface area contributed by atoms with E-state index in [2.05, 4.69) is 16.0 Å². The molecule has 3 rings (SSSR count). The number of ether oxygens (including phenoxy) is 5. The van der Waals surface area contributed by atoms with Crippen LogP contribution in [0.5, 0.6) is 0 Å².